The third kappa shape index (κ3) is 5.17. The summed E-state index contributed by atoms with van der Waals surface area (Å²) in [6.07, 6.45) is -2.22. The summed E-state index contributed by atoms with van der Waals surface area (Å²) in [7, 11) is 0. The molecule has 1 aromatic rings. The first-order chi connectivity index (χ1) is 9.89. The molecule has 0 bridgehead atoms. The van der Waals surface area contributed by atoms with Gasteiger partial charge in [0, 0.05) is 30.8 Å². The topological polar surface area (TPSA) is 41.5 Å². The zero-order chi connectivity index (χ0) is 15.5. The van der Waals surface area contributed by atoms with Crippen molar-refractivity contribution in [3.63, 3.8) is 0 Å². The molecule has 2 rings (SSSR count). The molecule has 0 amide bonds. The Balaban J connectivity index is 2.04. The van der Waals surface area contributed by atoms with Crippen LogP contribution in [-0.2, 0) is 6.54 Å². The smallest absolute Gasteiger partial charge is 0.405 e. The maximum atomic E-state index is 13.1. The van der Waals surface area contributed by atoms with E-state index >= 15 is 0 Å². The van der Waals surface area contributed by atoms with Gasteiger partial charge in [-0.05, 0) is 31.2 Å². The Morgan fingerprint density at radius 1 is 1.33 bits per heavy atom. The maximum Gasteiger partial charge on any atom is 0.573 e. The highest BCUT2D eigenvalue weighted by molar-refractivity contribution is 5.34. The van der Waals surface area contributed by atoms with E-state index in [9.17, 15) is 17.6 Å². The van der Waals surface area contributed by atoms with Crippen LogP contribution in [0.25, 0.3) is 0 Å². The Morgan fingerprint density at radius 3 is 2.62 bits per heavy atom. The summed E-state index contributed by atoms with van der Waals surface area (Å²) in [6.45, 7) is 0.149. The number of ether oxygens (including phenoxy) is 1. The first-order valence-electron chi connectivity index (χ1n) is 6.77. The number of aliphatic hydroxyl groups excluding tert-OH is 1. The molecule has 1 unspecified atom stereocenters. The number of hydrogen-bond donors (Lipinski definition) is 2. The Hall–Kier alpha value is -1.34. The standard InChI is InChI=1S/C14H17F4NO2/c15-11-4-3-10(13(7-11)21-14(16,17)18)8-19-12(5-6-20)9-1-2-9/h3-4,7,9,12,19-20H,1-2,5-6,8H2. The largest absolute Gasteiger partial charge is 0.573 e. The van der Waals surface area contributed by atoms with Gasteiger partial charge in [-0.15, -0.1) is 13.2 Å². The van der Waals surface area contributed by atoms with E-state index < -0.39 is 17.9 Å². The molecule has 1 saturated carbocycles. The number of hydrogen-bond acceptors (Lipinski definition) is 3. The molecule has 0 aliphatic heterocycles. The molecule has 0 aromatic heterocycles. The lowest BCUT2D eigenvalue weighted by Gasteiger charge is -2.19. The van der Waals surface area contributed by atoms with Crippen molar-refractivity contribution >= 4 is 0 Å². The Morgan fingerprint density at radius 2 is 2.05 bits per heavy atom. The summed E-state index contributed by atoms with van der Waals surface area (Å²) >= 11 is 0. The Labute approximate surface area is 119 Å². The van der Waals surface area contributed by atoms with Crippen molar-refractivity contribution < 1.29 is 27.4 Å². The summed E-state index contributed by atoms with van der Waals surface area (Å²) in [5.41, 5.74) is 0.234. The lowest BCUT2D eigenvalue weighted by Crippen LogP contribution is -2.32. The third-order valence-electron chi connectivity index (χ3n) is 3.44. The monoisotopic (exact) mass is 307 g/mol. The number of alkyl halides is 3. The third-order valence-corrected chi connectivity index (χ3v) is 3.44. The molecule has 1 aliphatic carbocycles. The second kappa shape index (κ2) is 6.62. The van der Waals surface area contributed by atoms with Crippen LogP contribution in [-0.4, -0.2) is 24.1 Å². The van der Waals surface area contributed by atoms with Gasteiger partial charge in [-0.1, -0.05) is 6.07 Å². The molecule has 0 spiro atoms. The molecular formula is C14H17F4NO2. The molecule has 0 saturated heterocycles. The minimum absolute atomic E-state index is 0.0174. The van der Waals surface area contributed by atoms with E-state index in [0.717, 1.165) is 25.0 Å². The minimum atomic E-state index is -4.86. The van der Waals surface area contributed by atoms with Gasteiger partial charge in [-0.25, -0.2) is 4.39 Å². The lowest BCUT2D eigenvalue weighted by molar-refractivity contribution is -0.275. The molecule has 118 valence electrons. The van der Waals surface area contributed by atoms with Crippen LogP contribution < -0.4 is 10.1 Å². The van der Waals surface area contributed by atoms with Crippen LogP contribution in [0.2, 0.25) is 0 Å². The average molecular weight is 307 g/mol. The molecule has 7 heteroatoms. The lowest BCUT2D eigenvalue weighted by atomic mass is 10.1. The van der Waals surface area contributed by atoms with Crippen molar-refractivity contribution in [3.8, 4) is 5.75 Å². The summed E-state index contributed by atoms with van der Waals surface area (Å²) in [5, 5.41) is 12.1. The van der Waals surface area contributed by atoms with Crippen molar-refractivity contribution in [2.45, 2.75) is 38.2 Å². The number of rotatable bonds is 7. The van der Waals surface area contributed by atoms with E-state index in [1.807, 2.05) is 0 Å². The summed E-state index contributed by atoms with van der Waals surface area (Å²) < 4.78 is 53.9. The van der Waals surface area contributed by atoms with Crippen LogP contribution >= 0.6 is 0 Å². The fraction of sp³-hybridized carbons (Fsp3) is 0.571. The quantitative estimate of drug-likeness (QED) is 0.761. The predicted octanol–water partition coefficient (Wildman–Crippen LogP) is 2.97. The number of aliphatic hydroxyl groups is 1. The molecule has 21 heavy (non-hydrogen) atoms. The van der Waals surface area contributed by atoms with E-state index in [4.69, 9.17) is 5.11 Å². The van der Waals surface area contributed by atoms with Crippen LogP contribution in [0.4, 0.5) is 17.6 Å². The van der Waals surface area contributed by atoms with Crippen LogP contribution in [0.1, 0.15) is 24.8 Å². The van der Waals surface area contributed by atoms with Crippen LogP contribution in [0.15, 0.2) is 18.2 Å². The van der Waals surface area contributed by atoms with Gasteiger partial charge in [0.05, 0.1) is 0 Å². The molecule has 1 atom stereocenters. The molecule has 1 aromatic carbocycles. The average Bonchev–Trinajstić information content (AvgIpc) is 3.18. The first-order valence-corrected chi connectivity index (χ1v) is 6.77. The van der Waals surface area contributed by atoms with E-state index in [2.05, 4.69) is 10.1 Å². The fourth-order valence-corrected chi connectivity index (χ4v) is 2.28. The second-order valence-corrected chi connectivity index (χ2v) is 5.14. The molecule has 1 aliphatic rings. The SMILES string of the molecule is OCCC(NCc1ccc(F)cc1OC(F)(F)F)C1CC1. The van der Waals surface area contributed by atoms with Gasteiger partial charge in [-0.3, -0.25) is 0 Å². The predicted molar refractivity (Wildman–Crippen MR) is 68.1 cm³/mol. The molecule has 1 fully saturated rings. The zero-order valence-electron chi connectivity index (χ0n) is 11.3. The van der Waals surface area contributed by atoms with E-state index in [1.165, 1.54) is 6.07 Å². The van der Waals surface area contributed by atoms with Crippen LogP contribution in [0.5, 0.6) is 5.75 Å². The normalized spacial score (nSPS) is 16.8. The number of benzene rings is 1. The van der Waals surface area contributed by atoms with Crippen molar-refractivity contribution in [1.82, 2.24) is 5.32 Å². The van der Waals surface area contributed by atoms with Gasteiger partial charge < -0.3 is 15.2 Å². The van der Waals surface area contributed by atoms with Crippen molar-refractivity contribution in [2.75, 3.05) is 6.61 Å². The van der Waals surface area contributed by atoms with Crippen LogP contribution in [0, 0.1) is 11.7 Å². The fourth-order valence-electron chi connectivity index (χ4n) is 2.28. The van der Waals surface area contributed by atoms with Gasteiger partial charge in [0.15, 0.2) is 0 Å². The van der Waals surface area contributed by atoms with Gasteiger partial charge in [0.2, 0.25) is 0 Å². The minimum Gasteiger partial charge on any atom is -0.405 e. The van der Waals surface area contributed by atoms with Gasteiger partial charge in [0.1, 0.15) is 11.6 Å². The highest BCUT2D eigenvalue weighted by Gasteiger charge is 2.33. The Bertz CT molecular complexity index is 475. The van der Waals surface area contributed by atoms with Gasteiger partial charge in [0.25, 0.3) is 0 Å². The summed E-state index contributed by atoms with van der Waals surface area (Å²) in [4.78, 5) is 0. The number of halogens is 4. The molecular weight excluding hydrogens is 290 g/mol. The molecule has 2 N–H and O–H groups in total. The highest BCUT2D eigenvalue weighted by atomic mass is 19.4. The molecule has 0 heterocycles. The Kier molecular flexibility index (Phi) is 5.05. The summed E-state index contributed by atoms with van der Waals surface area (Å²) in [5.74, 6) is -0.870. The number of nitrogens with one attached hydrogen (secondary N) is 1. The summed E-state index contributed by atoms with van der Waals surface area (Å²) in [6, 6.07) is 3.15. The maximum absolute atomic E-state index is 13.1. The van der Waals surface area contributed by atoms with Gasteiger partial charge >= 0.3 is 6.36 Å². The molecule has 0 radical (unpaired) electrons. The first kappa shape index (κ1) is 16.0. The van der Waals surface area contributed by atoms with Gasteiger partial charge in [-0.2, -0.15) is 0 Å². The van der Waals surface area contributed by atoms with Crippen molar-refractivity contribution in [3.05, 3.63) is 29.6 Å². The second-order valence-electron chi connectivity index (χ2n) is 5.14. The van der Waals surface area contributed by atoms with Crippen LogP contribution in [0.3, 0.4) is 0 Å². The molecule has 3 nitrogen and oxygen atoms in total. The van der Waals surface area contributed by atoms with E-state index in [0.29, 0.717) is 12.3 Å². The highest BCUT2D eigenvalue weighted by Crippen LogP contribution is 2.34. The zero-order valence-corrected chi connectivity index (χ0v) is 11.3. The van der Waals surface area contributed by atoms with E-state index in [1.54, 1.807) is 0 Å². The van der Waals surface area contributed by atoms with Crippen molar-refractivity contribution in [1.29, 1.82) is 0 Å². The van der Waals surface area contributed by atoms with Crippen molar-refractivity contribution in [2.24, 2.45) is 5.92 Å². The van der Waals surface area contributed by atoms with E-state index in [-0.39, 0.29) is 24.8 Å².